The molecule has 1 aromatic heterocycles. The fraction of sp³-hybridized carbons (Fsp3) is 0.429. The molecular weight excluding hydrogens is 431 g/mol. The molecular formula is C21H22F3N3O3S. The SMILES string of the molecule is C#Cc1nc(C(=O)N(c2cc(OC)cc(OC)c2)[C@@H]2CCCN(CC(F)(F)F)C2)cs1. The quantitative estimate of drug-likeness (QED) is 0.623. The van der Waals surface area contributed by atoms with E-state index in [4.69, 9.17) is 15.9 Å². The van der Waals surface area contributed by atoms with Gasteiger partial charge in [0.05, 0.1) is 32.5 Å². The van der Waals surface area contributed by atoms with E-state index in [0.717, 1.165) is 11.3 Å². The van der Waals surface area contributed by atoms with Crippen LogP contribution < -0.4 is 14.4 Å². The first kappa shape index (κ1) is 22.9. The standard InChI is InChI=1S/C21H22F3N3O3S/c1-4-19-25-18(12-31-19)20(28)27(15-8-16(29-2)10-17(9-15)30-3)14-6-5-7-26(11-14)13-21(22,23)24/h1,8-10,12,14H,5-7,11,13H2,2-3H3/t14-/m1/s1. The Bertz CT molecular complexity index is 949. The molecule has 31 heavy (non-hydrogen) atoms. The van der Waals surface area contributed by atoms with Crippen LogP contribution in [0.15, 0.2) is 23.6 Å². The van der Waals surface area contributed by atoms with Gasteiger partial charge >= 0.3 is 6.18 Å². The van der Waals surface area contributed by atoms with Crippen LogP contribution >= 0.6 is 11.3 Å². The smallest absolute Gasteiger partial charge is 0.401 e. The summed E-state index contributed by atoms with van der Waals surface area (Å²) in [7, 11) is 2.96. The summed E-state index contributed by atoms with van der Waals surface area (Å²) in [4.78, 5) is 20.4. The lowest BCUT2D eigenvalue weighted by Gasteiger charge is -2.39. The molecule has 0 bridgehead atoms. The number of aromatic nitrogens is 1. The average Bonchev–Trinajstić information content (AvgIpc) is 3.22. The number of rotatable bonds is 6. The first-order valence-corrected chi connectivity index (χ1v) is 10.4. The van der Waals surface area contributed by atoms with Crippen LogP contribution in [0.25, 0.3) is 0 Å². The predicted molar refractivity (Wildman–Crippen MR) is 112 cm³/mol. The number of piperidine rings is 1. The lowest BCUT2D eigenvalue weighted by atomic mass is 10.0. The van der Waals surface area contributed by atoms with E-state index in [1.807, 2.05) is 0 Å². The maximum absolute atomic E-state index is 13.4. The third kappa shape index (κ3) is 5.68. The number of anilines is 1. The summed E-state index contributed by atoms with van der Waals surface area (Å²) in [6, 6.07) is 4.47. The van der Waals surface area contributed by atoms with Crippen molar-refractivity contribution in [2.45, 2.75) is 25.1 Å². The van der Waals surface area contributed by atoms with Crippen molar-refractivity contribution in [3.63, 3.8) is 0 Å². The van der Waals surface area contributed by atoms with E-state index in [1.54, 1.807) is 23.6 Å². The molecule has 10 heteroatoms. The number of benzene rings is 1. The second-order valence-corrected chi connectivity index (χ2v) is 7.93. The highest BCUT2D eigenvalue weighted by molar-refractivity contribution is 7.10. The van der Waals surface area contributed by atoms with Crippen LogP contribution in [0.3, 0.4) is 0 Å². The van der Waals surface area contributed by atoms with Crippen molar-refractivity contribution in [1.29, 1.82) is 0 Å². The number of thiazole rings is 1. The third-order valence-corrected chi connectivity index (χ3v) is 5.70. The Morgan fingerprint density at radius 2 is 2.00 bits per heavy atom. The van der Waals surface area contributed by atoms with E-state index in [2.05, 4.69) is 10.9 Å². The number of amides is 1. The number of nitrogens with zero attached hydrogens (tertiary/aromatic N) is 3. The second-order valence-electron chi connectivity index (χ2n) is 7.07. The highest BCUT2D eigenvalue weighted by atomic mass is 32.1. The molecule has 1 aliphatic heterocycles. The van der Waals surface area contributed by atoms with Gasteiger partial charge in [0, 0.05) is 30.1 Å². The monoisotopic (exact) mass is 453 g/mol. The Hall–Kier alpha value is -2.77. The lowest BCUT2D eigenvalue weighted by Crippen LogP contribution is -2.52. The van der Waals surface area contributed by atoms with Gasteiger partial charge in [0.2, 0.25) is 0 Å². The van der Waals surface area contributed by atoms with Crippen molar-refractivity contribution in [3.8, 4) is 23.8 Å². The summed E-state index contributed by atoms with van der Waals surface area (Å²) in [5.74, 6) is 2.87. The molecule has 6 nitrogen and oxygen atoms in total. The molecule has 166 valence electrons. The number of ether oxygens (including phenoxy) is 2. The summed E-state index contributed by atoms with van der Waals surface area (Å²) in [6.07, 6.45) is 2.13. The normalized spacial score (nSPS) is 17.1. The van der Waals surface area contributed by atoms with E-state index >= 15 is 0 Å². The molecule has 0 N–H and O–H groups in total. The van der Waals surface area contributed by atoms with Gasteiger partial charge in [0.25, 0.3) is 5.91 Å². The van der Waals surface area contributed by atoms with Gasteiger partial charge < -0.3 is 14.4 Å². The van der Waals surface area contributed by atoms with Crippen molar-refractivity contribution >= 4 is 22.9 Å². The van der Waals surface area contributed by atoms with Crippen molar-refractivity contribution in [1.82, 2.24) is 9.88 Å². The zero-order valence-electron chi connectivity index (χ0n) is 17.1. The summed E-state index contributed by atoms with van der Waals surface area (Å²) < 4.78 is 49.5. The van der Waals surface area contributed by atoms with E-state index in [0.29, 0.717) is 41.6 Å². The van der Waals surface area contributed by atoms with Crippen molar-refractivity contribution < 1.29 is 27.4 Å². The molecule has 0 saturated carbocycles. The Kier molecular flexibility index (Phi) is 7.08. The molecule has 1 fully saturated rings. The molecule has 1 aliphatic rings. The number of methoxy groups -OCH3 is 2. The van der Waals surface area contributed by atoms with Gasteiger partial charge in [-0.3, -0.25) is 9.69 Å². The minimum Gasteiger partial charge on any atom is -0.497 e. The van der Waals surface area contributed by atoms with Crippen LogP contribution in [0, 0.1) is 12.3 Å². The number of hydrogen-bond donors (Lipinski definition) is 0. The van der Waals surface area contributed by atoms with E-state index in [9.17, 15) is 18.0 Å². The van der Waals surface area contributed by atoms with E-state index in [1.165, 1.54) is 24.0 Å². The van der Waals surface area contributed by atoms with Crippen LogP contribution in [0.5, 0.6) is 11.5 Å². The molecule has 2 heterocycles. The summed E-state index contributed by atoms with van der Waals surface area (Å²) in [6.45, 7) is -0.626. The highest BCUT2D eigenvalue weighted by Gasteiger charge is 2.37. The molecule has 2 aromatic rings. The van der Waals surface area contributed by atoms with Crippen LogP contribution in [-0.2, 0) is 0 Å². The van der Waals surface area contributed by atoms with Gasteiger partial charge in [-0.25, -0.2) is 4.98 Å². The predicted octanol–water partition coefficient (Wildman–Crippen LogP) is 3.82. The van der Waals surface area contributed by atoms with Gasteiger partial charge in [-0.15, -0.1) is 17.8 Å². The number of carbonyl (C=O) groups is 1. The van der Waals surface area contributed by atoms with Gasteiger partial charge in [-0.2, -0.15) is 13.2 Å². The Morgan fingerprint density at radius 1 is 1.32 bits per heavy atom. The Balaban J connectivity index is 2.00. The Morgan fingerprint density at radius 3 is 2.55 bits per heavy atom. The topological polar surface area (TPSA) is 54.9 Å². The molecule has 1 amide bonds. The zero-order chi connectivity index (χ0) is 22.6. The van der Waals surface area contributed by atoms with Gasteiger partial charge in [-0.1, -0.05) is 0 Å². The number of likely N-dealkylation sites (tertiary alicyclic amines) is 1. The van der Waals surface area contributed by atoms with Crippen LogP contribution in [0.4, 0.5) is 18.9 Å². The number of terminal acetylenes is 1. The zero-order valence-corrected chi connectivity index (χ0v) is 17.9. The van der Waals surface area contributed by atoms with Gasteiger partial charge in [0.1, 0.15) is 17.2 Å². The third-order valence-electron chi connectivity index (χ3n) is 4.93. The molecule has 0 spiro atoms. The van der Waals surface area contributed by atoms with Crippen LogP contribution in [-0.4, -0.2) is 61.9 Å². The van der Waals surface area contributed by atoms with Crippen LogP contribution in [0.2, 0.25) is 0 Å². The fourth-order valence-corrected chi connectivity index (χ4v) is 4.22. The number of halogens is 3. The van der Waals surface area contributed by atoms with Gasteiger partial charge in [0.15, 0.2) is 5.01 Å². The fourth-order valence-electron chi connectivity index (χ4n) is 3.63. The molecule has 1 saturated heterocycles. The molecule has 0 radical (unpaired) electrons. The number of alkyl halides is 3. The second kappa shape index (κ2) is 9.58. The first-order chi connectivity index (χ1) is 14.7. The highest BCUT2D eigenvalue weighted by Crippen LogP contribution is 2.33. The van der Waals surface area contributed by atoms with Crippen LogP contribution in [0.1, 0.15) is 28.3 Å². The van der Waals surface area contributed by atoms with E-state index in [-0.39, 0.29) is 12.2 Å². The van der Waals surface area contributed by atoms with Crippen molar-refractivity contribution in [3.05, 3.63) is 34.3 Å². The van der Waals surface area contributed by atoms with Crippen molar-refractivity contribution in [2.75, 3.05) is 38.8 Å². The molecule has 0 aliphatic carbocycles. The minimum atomic E-state index is -4.31. The lowest BCUT2D eigenvalue weighted by molar-refractivity contribution is -0.148. The Labute approximate surface area is 182 Å². The first-order valence-electron chi connectivity index (χ1n) is 9.52. The maximum atomic E-state index is 13.4. The van der Waals surface area contributed by atoms with E-state index < -0.39 is 24.7 Å². The molecule has 3 rings (SSSR count). The summed E-state index contributed by atoms with van der Waals surface area (Å²) >= 11 is 1.16. The molecule has 0 unspecified atom stereocenters. The maximum Gasteiger partial charge on any atom is 0.401 e. The summed E-state index contributed by atoms with van der Waals surface area (Å²) in [5.41, 5.74) is 0.600. The molecule has 1 aromatic carbocycles. The number of hydrogen-bond acceptors (Lipinski definition) is 6. The largest absolute Gasteiger partial charge is 0.497 e. The van der Waals surface area contributed by atoms with Gasteiger partial charge in [-0.05, 0) is 25.3 Å². The number of carbonyl (C=O) groups excluding carboxylic acids is 1. The average molecular weight is 453 g/mol. The molecule has 1 atom stereocenters. The summed E-state index contributed by atoms with van der Waals surface area (Å²) in [5, 5.41) is 1.91. The van der Waals surface area contributed by atoms with Crippen molar-refractivity contribution in [2.24, 2.45) is 0 Å². The minimum absolute atomic E-state index is 0.0803.